The van der Waals surface area contributed by atoms with Crippen LogP contribution in [0.2, 0.25) is 0 Å². The summed E-state index contributed by atoms with van der Waals surface area (Å²) < 4.78 is 6.82. The predicted octanol–water partition coefficient (Wildman–Crippen LogP) is 3.56. The Labute approximate surface area is 136 Å². The zero-order valence-corrected chi connectivity index (χ0v) is 14.5. The lowest BCUT2D eigenvalue weighted by atomic mass is 9.95. The van der Waals surface area contributed by atoms with Crippen LogP contribution in [0.3, 0.4) is 0 Å². The van der Waals surface area contributed by atoms with Crippen LogP contribution < -0.4 is 10.2 Å². The number of nitrogens with one attached hydrogen (secondary N) is 1. The number of benzene rings is 1. The van der Waals surface area contributed by atoms with Crippen molar-refractivity contribution in [3.8, 4) is 0 Å². The number of anilines is 1. The average Bonchev–Trinajstić information content (AvgIpc) is 3.30. The molecule has 0 radical (unpaired) electrons. The monoisotopic (exact) mass is 352 g/mol. The maximum absolute atomic E-state index is 5.62. The van der Waals surface area contributed by atoms with Gasteiger partial charge in [-0.2, -0.15) is 0 Å². The second-order valence-electron chi connectivity index (χ2n) is 6.43. The van der Waals surface area contributed by atoms with Gasteiger partial charge in [0.25, 0.3) is 0 Å². The van der Waals surface area contributed by atoms with E-state index in [-0.39, 0.29) is 0 Å². The first kappa shape index (κ1) is 15.3. The molecule has 1 heterocycles. The van der Waals surface area contributed by atoms with Crippen molar-refractivity contribution in [3.05, 3.63) is 28.2 Å². The van der Waals surface area contributed by atoms with E-state index >= 15 is 0 Å². The smallest absolute Gasteiger partial charge is 0.0772 e. The van der Waals surface area contributed by atoms with Gasteiger partial charge in [-0.3, -0.25) is 0 Å². The van der Waals surface area contributed by atoms with Crippen molar-refractivity contribution in [1.29, 1.82) is 0 Å². The van der Waals surface area contributed by atoms with Crippen molar-refractivity contribution >= 4 is 21.6 Å². The summed E-state index contributed by atoms with van der Waals surface area (Å²) in [5.74, 6) is 0.645. The number of rotatable bonds is 5. The average molecular weight is 353 g/mol. The molecule has 0 amide bonds. The summed E-state index contributed by atoms with van der Waals surface area (Å²) in [5.41, 5.74) is 2.64. The molecule has 2 unspecified atom stereocenters. The molecule has 21 heavy (non-hydrogen) atoms. The normalized spacial score (nSPS) is 26.1. The molecule has 2 aliphatic rings. The van der Waals surface area contributed by atoms with Crippen LogP contribution in [0.1, 0.15) is 31.7 Å². The van der Waals surface area contributed by atoms with Crippen molar-refractivity contribution in [2.24, 2.45) is 5.92 Å². The number of ether oxygens (including phenoxy) is 1. The van der Waals surface area contributed by atoms with Crippen molar-refractivity contribution < 1.29 is 4.74 Å². The molecule has 0 aromatic heterocycles. The molecule has 2 fully saturated rings. The number of halogens is 1. The number of piperidine rings is 1. The third-order valence-corrected chi connectivity index (χ3v) is 5.35. The van der Waals surface area contributed by atoms with Crippen molar-refractivity contribution in [3.63, 3.8) is 0 Å². The first-order chi connectivity index (χ1) is 10.2. The molecule has 116 valence electrons. The zero-order chi connectivity index (χ0) is 14.8. The summed E-state index contributed by atoms with van der Waals surface area (Å²) in [6.45, 7) is 5.35. The third-order valence-electron chi connectivity index (χ3n) is 4.72. The van der Waals surface area contributed by atoms with Crippen molar-refractivity contribution in [2.75, 3.05) is 25.1 Å². The van der Waals surface area contributed by atoms with Gasteiger partial charge in [0.05, 0.1) is 11.8 Å². The van der Waals surface area contributed by atoms with E-state index in [1.807, 2.05) is 7.11 Å². The van der Waals surface area contributed by atoms with Gasteiger partial charge in [0.15, 0.2) is 0 Å². The highest BCUT2D eigenvalue weighted by atomic mass is 79.9. The second kappa shape index (κ2) is 6.67. The fraction of sp³-hybridized carbons (Fsp3) is 0.647. The van der Waals surface area contributed by atoms with Crippen LogP contribution in [-0.2, 0) is 11.3 Å². The van der Waals surface area contributed by atoms with Gasteiger partial charge in [0.1, 0.15) is 0 Å². The molecule has 1 saturated carbocycles. The van der Waals surface area contributed by atoms with Gasteiger partial charge >= 0.3 is 0 Å². The Morgan fingerprint density at radius 3 is 2.81 bits per heavy atom. The molecular formula is C17H25BrN2O. The maximum Gasteiger partial charge on any atom is 0.0772 e. The summed E-state index contributed by atoms with van der Waals surface area (Å²) in [6, 6.07) is 7.51. The van der Waals surface area contributed by atoms with Gasteiger partial charge in [-0.25, -0.2) is 0 Å². The maximum atomic E-state index is 5.62. The zero-order valence-electron chi connectivity index (χ0n) is 12.9. The number of hydrogen-bond donors (Lipinski definition) is 1. The Bertz CT molecular complexity index is 490. The lowest BCUT2D eigenvalue weighted by Gasteiger charge is -2.38. The lowest BCUT2D eigenvalue weighted by Crippen LogP contribution is -2.44. The quantitative estimate of drug-likeness (QED) is 0.876. The molecule has 3 rings (SSSR count). The molecule has 1 N–H and O–H groups in total. The van der Waals surface area contributed by atoms with E-state index in [0.29, 0.717) is 12.0 Å². The van der Waals surface area contributed by atoms with Gasteiger partial charge in [-0.05, 0) is 58.8 Å². The van der Waals surface area contributed by atoms with Crippen LogP contribution in [-0.4, -0.2) is 32.3 Å². The summed E-state index contributed by atoms with van der Waals surface area (Å²) in [5, 5.41) is 3.57. The Hall–Kier alpha value is -0.580. The minimum atomic E-state index is 0.335. The molecule has 3 nitrogen and oxygen atoms in total. The fourth-order valence-electron chi connectivity index (χ4n) is 3.03. The molecular weight excluding hydrogens is 328 g/mol. The van der Waals surface area contributed by atoms with E-state index in [0.717, 1.165) is 25.7 Å². The van der Waals surface area contributed by atoms with E-state index < -0.39 is 0 Å². The summed E-state index contributed by atoms with van der Waals surface area (Å²) in [7, 11) is 1.83. The number of nitrogens with zero attached hydrogens (tertiary/aromatic N) is 1. The Kier molecular flexibility index (Phi) is 4.87. The van der Waals surface area contributed by atoms with Crippen LogP contribution in [0.15, 0.2) is 22.7 Å². The second-order valence-corrected chi connectivity index (χ2v) is 7.28. The lowest BCUT2D eigenvalue weighted by molar-refractivity contribution is 0.0498. The molecule has 1 aliphatic heterocycles. The number of methoxy groups -OCH3 is 1. The third kappa shape index (κ3) is 3.79. The van der Waals surface area contributed by atoms with E-state index in [4.69, 9.17) is 4.74 Å². The molecule has 0 bridgehead atoms. The van der Waals surface area contributed by atoms with Gasteiger partial charge in [0.2, 0.25) is 0 Å². The van der Waals surface area contributed by atoms with Crippen molar-refractivity contribution in [2.45, 2.75) is 44.9 Å². The molecule has 1 aliphatic carbocycles. The van der Waals surface area contributed by atoms with Gasteiger partial charge in [-0.1, -0.05) is 13.0 Å². The SMILES string of the molecule is COC1CN(c2ccc(CNC3CC3)cc2Br)CCC1C. The minimum Gasteiger partial charge on any atom is -0.379 e. The van der Waals surface area contributed by atoms with Gasteiger partial charge in [-0.15, -0.1) is 0 Å². The van der Waals surface area contributed by atoms with Crippen LogP contribution in [0, 0.1) is 5.92 Å². The highest BCUT2D eigenvalue weighted by molar-refractivity contribution is 9.10. The molecule has 1 saturated heterocycles. The van der Waals surface area contributed by atoms with Crippen LogP contribution in [0.5, 0.6) is 0 Å². The van der Waals surface area contributed by atoms with Crippen LogP contribution >= 0.6 is 15.9 Å². The van der Waals surface area contributed by atoms with Crippen LogP contribution in [0.4, 0.5) is 5.69 Å². The Morgan fingerprint density at radius 2 is 2.14 bits per heavy atom. The molecule has 0 spiro atoms. The highest BCUT2D eigenvalue weighted by Gasteiger charge is 2.27. The van der Waals surface area contributed by atoms with E-state index in [1.165, 1.54) is 35.0 Å². The topological polar surface area (TPSA) is 24.5 Å². The van der Waals surface area contributed by atoms with Crippen molar-refractivity contribution in [1.82, 2.24) is 5.32 Å². The molecule has 1 aromatic rings. The van der Waals surface area contributed by atoms with Gasteiger partial charge in [0, 0.05) is 37.3 Å². The molecule has 2 atom stereocenters. The first-order valence-corrected chi connectivity index (χ1v) is 8.76. The Balaban J connectivity index is 1.66. The predicted molar refractivity (Wildman–Crippen MR) is 90.8 cm³/mol. The fourth-order valence-corrected chi connectivity index (χ4v) is 3.70. The largest absolute Gasteiger partial charge is 0.379 e. The molecule has 4 heteroatoms. The minimum absolute atomic E-state index is 0.335. The van der Waals surface area contributed by atoms with E-state index in [2.05, 4.69) is 51.3 Å². The summed E-state index contributed by atoms with van der Waals surface area (Å²) in [4.78, 5) is 2.44. The first-order valence-electron chi connectivity index (χ1n) is 7.97. The summed E-state index contributed by atoms with van der Waals surface area (Å²) >= 11 is 3.75. The molecule has 1 aromatic carbocycles. The number of hydrogen-bond acceptors (Lipinski definition) is 3. The van der Waals surface area contributed by atoms with E-state index in [9.17, 15) is 0 Å². The van der Waals surface area contributed by atoms with E-state index in [1.54, 1.807) is 0 Å². The summed E-state index contributed by atoms with van der Waals surface area (Å²) in [6.07, 6.45) is 4.20. The van der Waals surface area contributed by atoms with Gasteiger partial charge < -0.3 is 15.0 Å². The van der Waals surface area contributed by atoms with Crippen LogP contribution in [0.25, 0.3) is 0 Å². The standard InChI is InChI=1S/C17H25BrN2O/c1-12-7-8-20(11-17(12)21-2)16-6-3-13(9-15(16)18)10-19-14-4-5-14/h3,6,9,12,14,17,19H,4-5,7-8,10-11H2,1-2H3. The Morgan fingerprint density at radius 1 is 1.33 bits per heavy atom. The highest BCUT2D eigenvalue weighted by Crippen LogP contribution is 2.31.